The van der Waals surface area contributed by atoms with Crippen LogP contribution in [0.25, 0.3) is 11.0 Å². The number of nitrogens with zero attached hydrogens (tertiary/aromatic N) is 1. The van der Waals surface area contributed by atoms with Gasteiger partial charge < -0.3 is 14.1 Å². The van der Waals surface area contributed by atoms with Crippen molar-refractivity contribution in [1.82, 2.24) is 4.90 Å². The zero-order valence-corrected chi connectivity index (χ0v) is 17.7. The maximum absolute atomic E-state index is 13.6. The second kappa shape index (κ2) is 7.80. The third kappa shape index (κ3) is 3.33. The summed E-state index contributed by atoms with van der Waals surface area (Å²) in [6.45, 7) is 0.228. The zero-order valence-electron chi connectivity index (χ0n) is 17.0. The number of fused-ring (bicyclic) bond motifs is 2. The number of hydrogen-bond acceptors (Lipinski definition) is 4. The van der Waals surface area contributed by atoms with E-state index in [1.54, 1.807) is 48.4 Å². The van der Waals surface area contributed by atoms with Crippen molar-refractivity contribution >= 4 is 28.5 Å². The van der Waals surface area contributed by atoms with Gasteiger partial charge in [-0.05, 0) is 53.6 Å². The fourth-order valence-corrected chi connectivity index (χ4v) is 4.25. The van der Waals surface area contributed by atoms with Crippen molar-refractivity contribution in [1.29, 1.82) is 0 Å². The topological polar surface area (TPSA) is 59.8 Å². The van der Waals surface area contributed by atoms with Gasteiger partial charge in [-0.1, -0.05) is 35.9 Å². The number of rotatable bonds is 4. The first-order valence-corrected chi connectivity index (χ1v) is 10.3. The Balaban J connectivity index is 1.68. The molecule has 160 valence electrons. The molecule has 5 rings (SSSR count). The Morgan fingerprint density at radius 2 is 1.75 bits per heavy atom. The van der Waals surface area contributed by atoms with Crippen molar-refractivity contribution in [3.8, 4) is 5.75 Å². The van der Waals surface area contributed by atoms with Crippen molar-refractivity contribution in [3.05, 3.63) is 110 Å². The van der Waals surface area contributed by atoms with Crippen LogP contribution in [-0.4, -0.2) is 17.9 Å². The van der Waals surface area contributed by atoms with E-state index in [9.17, 15) is 14.0 Å². The third-order valence-electron chi connectivity index (χ3n) is 5.63. The summed E-state index contributed by atoms with van der Waals surface area (Å²) in [5.74, 6) is -0.121. The second-order valence-corrected chi connectivity index (χ2v) is 7.99. The van der Waals surface area contributed by atoms with Crippen LogP contribution in [0.5, 0.6) is 5.75 Å². The van der Waals surface area contributed by atoms with Gasteiger partial charge in [0.15, 0.2) is 5.43 Å². The molecular formula is C25H17ClFNO4. The summed E-state index contributed by atoms with van der Waals surface area (Å²) in [5, 5.41) is 0.685. The molecule has 1 unspecified atom stereocenters. The third-order valence-corrected chi connectivity index (χ3v) is 5.86. The summed E-state index contributed by atoms with van der Waals surface area (Å²) in [6, 6.07) is 17.1. The van der Waals surface area contributed by atoms with Crippen LogP contribution in [0.15, 0.2) is 75.9 Å². The number of methoxy groups -OCH3 is 1. The Morgan fingerprint density at radius 3 is 2.44 bits per heavy atom. The smallest absolute Gasteiger partial charge is 0.291 e. The number of amides is 1. The molecule has 0 saturated heterocycles. The van der Waals surface area contributed by atoms with Gasteiger partial charge in [0.05, 0.1) is 24.1 Å². The highest BCUT2D eigenvalue weighted by molar-refractivity contribution is 6.31. The molecule has 1 amide bonds. The quantitative estimate of drug-likeness (QED) is 0.422. The molecule has 0 fully saturated rings. The van der Waals surface area contributed by atoms with Gasteiger partial charge in [0.1, 0.15) is 17.1 Å². The monoisotopic (exact) mass is 449 g/mol. The van der Waals surface area contributed by atoms with E-state index in [1.165, 1.54) is 18.2 Å². The number of carbonyl (C=O) groups excluding carboxylic acids is 1. The molecular weight excluding hydrogens is 433 g/mol. The molecule has 7 heteroatoms. The molecule has 32 heavy (non-hydrogen) atoms. The maximum Gasteiger partial charge on any atom is 0.291 e. The van der Waals surface area contributed by atoms with Gasteiger partial charge in [-0.15, -0.1) is 0 Å². The normalized spacial score (nSPS) is 15.3. The number of halogens is 2. The van der Waals surface area contributed by atoms with Gasteiger partial charge in [-0.2, -0.15) is 0 Å². The molecule has 5 nitrogen and oxygen atoms in total. The predicted molar refractivity (Wildman–Crippen MR) is 119 cm³/mol. The van der Waals surface area contributed by atoms with Crippen LogP contribution >= 0.6 is 11.6 Å². The van der Waals surface area contributed by atoms with Crippen LogP contribution in [0.2, 0.25) is 5.02 Å². The maximum atomic E-state index is 13.6. The molecule has 1 atom stereocenters. The fourth-order valence-electron chi connectivity index (χ4n) is 4.07. The van der Waals surface area contributed by atoms with Crippen LogP contribution in [-0.2, 0) is 6.54 Å². The standard InChI is InChI=1S/C25H17ClFNO4/c1-31-18-9-2-14(3-10-18)13-28-22(15-4-7-17(27)8-5-15)21-23(29)19-12-16(26)6-11-20(19)32-24(21)25(28)30/h2-12,22H,13H2,1H3. The minimum Gasteiger partial charge on any atom is -0.497 e. The number of benzene rings is 3. The SMILES string of the molecule is COc1ccc(CN2C(=O)c3oc4ccc(Cl)cc4c(=O)c3C2c2ccc(F)cc2)cc1. The molecule has 0 bridgehead atoms. The molecule has 4 aromatic rings. The van der Waals surface area contributed by atoms with E-state index in [-0.39, 0.29) is 28.9 Å². The first-order valence-electron chi connectivity index (χ1n) is 9.92. The molecule has 0 N–H and O–H groups in total. The van der Waals surface area contributed by atoms with E-state index in [1.807, 2.05) is 12.1 Å². The summed E-state index contributed by atoms with van der Waals surface area (Å²) in [6.07, 6.45) is 0. The van der Waals surface area contributed by atoms with Crippen molar-refractivity contribution < 1.29 is 18.3 Å². The van der Waals surface area contributed by atoms with Crippen molar-refractivity contribution in [2.75, 3.05) is 7.11 Å². The van der Waals surface area contributed by atoms with E-state index in [4.69, 9.17) is 20.8 Å². The van der Waals surface area contributed by atoms with Crippen LogP contribution in [0, 0.1) is 5.82 Å². The Bertz CT molecular complexity index is 1400. The number of hydrogen-bond donors (Lipinski definition) is 0. The van der Waals surface area contributed by atoms with E-state index in [0.29, 0.717) is 21.7 Å². The average Bonchev–Trinajstić information content (AvgIpc) is 3.07. The van der Waals surface area contributed by atoms with Gasteiger partial charge in [0, 0.05) is 11.6 Å². The molecule has 1 aliphatic heterocycles. The molecule has 1 aliphatic rings. The first kappa shape index (κ1) is 20.3. The summed E-state index contributed by atoms with van der Waals surface area (Å²) < 4.78 is 24.7. The number of ether oxygens (including phenoxy) is 1. The fraction of sp³-hybridized carbons (Fsp3) is 0.120. The highest BCUT2D eigenvalue weighted by Gasteiger charge is 2.42. The molecule has 0 spiro atoms. The predicted octanol–water partition coefficient (Wildman–Crippen LogP) is 5.34. The molecule has 3 aromatic carbocycles. The van der Waals surface area contributed by atoms with Gasteiger partial charge in [-0.3, -0.25) is 9.59 Å². The van der Waals surface area contributed by atoms with Gasteiger partial charge in [-0.25, -0.2) is 4.39 Å². The second-order valence-electron chi connectivity index (χ2n) is 7.55. The van der Waals surface area contributed by atoms with E-state index in [0.717, 1.165) is 5.56 Å². The lowest BCUT2D eigenvalue weighted by atomic mass is 9.98. The summed E-state index contributed by atoms with van der Waals surface area (Å²) in [7, 11) is 1.58. The minimum absolute atomic E-state index is 0.00680. The van der Waals surface area contributed by atoms with E-state index < -0.39 is 17.8 Å². The van der Waals surface area contributed by atoms with Gasteiger partial charge in [0.25, 0.3) is 5.91 Å². The Labute approximate surface area is 187 Å². The lowest BCUT2D eigenvalue weighted by Crippen LogP contribution is -2.29. The van der Waals surface area contributed by atoms with Crippen LogP contribution < -0.4 is 10.2 Å². The Morgan fingerprint density at radius 1 is 1.03 bits per heavy atom. The zero-order chi connectivity index (χ0) is 22.4. The number of carbonyl (C=O) groups is 1. The molecule has 1 aromatic heterocycles. The van der Waals surface area contributed by atoms with Gasteiger partial charge >= 0.3 is 0 Å². The van der Waals surface area contributed by atoms with Crippen molar-refractivity contribution in [2.45, 2.75) is 12.6 Å². The Kier molecular flexibility index (Phi) is 4.94. The first-order chi connectivity index (χ1) is 15.5. The Hall–Kier alpha value is -3.64. The highest BCUT2D eigenvalue weighted by atomic mass is 35.5. The minimum atomic E-state index is -0.722. The summed E-state index contributed by atoms with van der Waals surface area (Å²) >= 11 is 6.09. The summed E-state index contributed by atoms with van der Waals surface area (Å²) in [5.41, 5.74) is 1.64. The molecule has 2 heterocycles. The van der Waals surface area contributed by atoms with Crippen LogP contribution in [0.1, 0.15) is 33.3 Å². The van der Waals surface area contributed by atoms with Crippen LogP contribution in [0.3, 0.4) is 0 Å². The highest BCUT2D eigenvalue weighted by Crippen LogP contribution is 2.39. The van der Waals surface area contributed by atoms with E-state index >= 15 is 0 Å². The lowest BCUT2D eigenvalue weighted by Gasteiger charge is -2.25. The van der Waals surface area contributed by atoms with E-state index in [2.05, 4.69) is 0 Å². The average molecular weight is 450 g/mol. The molecule has 0 saturated carbocycles. The molecule has 0 radical (unpaired) electrons. The van der Waals surface area contributed by atoms with Crippen molar-refractivity contribution in [2.24, 2.45) is 0 Å². The van der Waals surface area contributed by atoms with Crippen LogP contribution in [0.4, 0.5) is 4.39 Å². The summed E-state index contributed by atoms with van der Waals surface area (Å²) in [4.78, 5) is 28.4. The lowest BCUT2D eigenvalue weighted by molar-refractivity contribution is 0.0714. The van der Waals surface area contributed by atoms with Crippen molar-refractivity contribution in [3.63, 3.8) is 0 Å². The van der Waals surface area contributed by atoms with Gasteiger partial charge in [0.2, 0.25) is 5.76 Å². The molecule has 0 aliphatic carbocycles. The largest absolute Gasteiger partial charge is 0.497 e.